The van der Waals surface area contributed by atoms with E-state index in [1.165, 1.54) is 0 Å². The van der Waals surface area contributed by atoms with Crippen molar-refractivity contribution in [1.82, 2.24) is 9.78 Å². The van der Waals surface area contributed by atoms with Gasteiger partial charge in [-0.3, -0.25) is 9.59 Å². The molecule has 1 aromatic heterocycles. The molecule has 0 aliphatic carbocycles. The topological polar surface area (TPSA) is 82.4 Å². The number of esters is 1. The Balaban J connectivity index is 1.61. The SMILES string of the molecule is COc1ccc(C)cc1CC(=O)OCC(=O)Nc1c(C)nn(-c2ccccc2)c1C. The average Bonchev–Trinajstić information content (AvgIpc) is 3.01. The van der Waals surface area contributed by atoms with Crippen LogP contribution in [0, 0.1) is 20.8 Å². The first-order chi connectivity index (χ1) is 14.4. The number of hydrogen-bond acceptors (Lipinski definition) is 5. The van der Waals surface area contributed by atoms with E-state index in [0.29, 0.717) is 17.1 Å². The number of ether oxygens (including phenoxy) is 2. The minimum Gasteiger partial charge on any atom is -0.496 e. The van der Waals surface area contributed by atoms with Gasteiger partial charge in [0, 0.05) is 5.56 Å². The fourth-order valence-electron chi connectivity index (χ4n) is 3.22. The summed E-state index contributed by atoms with van der Waals surface area (Å²) in [7, 11) is 1.55. The second-order valence-corrected chi connectivity index (χ2v) is 6.99. The van der Waals surface area contributed by atoms with Gasteiger partial charge in [-0.05, 0) is 39.0 Å². The number of carbonyl (C=O) groups excluding carboxylic acids is 2. The molecule has 3 rings (SSSR count). The molecule has 1 heterocycles. The quantitative estimate of drug-likeness (QED) is 0.606. The molecule has 0 atom stereocenters. The number of nitrogens with one attached hydrogen (secondary N) is 1. The molecule has 1 amide bonds. The highest BCUT2D eigenvalue weighted by atomic mass is 16.5. The lowest BCUT2D eigenvalue weighted by atomic mass is 10.1. The molecule has 156 valence electrons. The first-order valence-corrected chi connectivity index (χ1v) is 9.59. The third-order valence-electron chi connectivity index (χ3n) is 4.69. The van der Waals surface area contributed by atoms with Crippen LogP contribution < -0.4 is 10.1 Å². The molecule has 0 aliphatic rings. The van der Waals surface area contributed by atoms with Crippen molar-refractivity contribution in [2.45, 2.75) is 27.2 Å². The van der Waals surface area contributed by atoms with Crippen LogP contribution in [0.1, 0.15) is 22.5 Å². The van der Waals surface area contributed by atoms with Gasteiger partial charge in [-0.1, -0.05) is 35.9 Å². The Morgan fingerprint density at radius 3 is 2.50 bits per heavy atom. The molecule has 7 nitrogen and oxygen atoms in total. The molecule has 0 saturated carbocycles. The van der Waals surface area contributed by atoms with Crippen LogP contribution in [-0.4, -0.2) is 35.4 Å². The number of amides is 1. The van der Waals surface area contributed by atoms with Gasteiger partial charge < -0.3 is 14.8 Å². The number of para-hydroxylation sites is 1. The fraction of sp³-hybridized carbons (Fsp3) is 0.261. The van der Waals surface area contributed by atoms with Crippen molar-refractivity contribution in [3.63, 3.8) is 0 Å². The van der Waals surface area contributed by atoms with Crippen LogP contribution in [0.3, 0.4) is 0 Å². The second kappa shape index (κ2) is 9.26. The van der Waals surface area contributed by atoms with E-state index in [2.05, 4.69) is 10.4 Å². The smallest absolute Gasteiger partial charge is 0.310 e. The Morgan fingerprint density at radius 1 is 1.07 bits per heavy atom. The number of methoxy groups -OCH3 is 1. The van der Waals surface area contributed by atoms with Gasteiger partial charge in [-0.25, -0.2) is 4.68 Å². The van der Waals surface area contributed by atoms with E-state index >= 15 is 0 Å². The summed E-state index contributed by atoms with van der Waals surface area (Å²) in [6.45, 7) is 5.25. The van der Waals surface area contributed by atoms with Gasteiger partial charge in [-0.2, -0.15) is 5.10 Å². The molecule has 0 saturated heterocycles. The van der Waals surface area contributed by atoms with Gasteiger partial charge in [0.15, 0.2) is 6.61 Å². The predicted molar refractivity (Wildman–Crippen MR) is 114 cm³/mol. The van der Waals surface area contributed by atoms with Crippen molar-refractivity contribution in [1.29, 1.82) is 0 Å². The summed E-state index contributed by atoms with van der Waals surface area (Å²) in [6, 6.07) is 15.2. The van der Waals surface area contributed by atoms with Crippen LogP contribution in [0.4, 0.5) is 5.69 Å². The number of nitrogens with zero attached hydrogens (tertiary/aromatic N) is 2. The van der Waals surface area contributed by atoms with E-state index in [-0.39, 0.29) is 13.0 Å². The number of benzene rings is 2. The molecule has 0 spiro atoms. The summed E-state index contributed by atoms with van der Waals surface area (Å²) in [6.07, 6.45) is 0.0299. The van der Waals surface area contributed by atoms with Gasteiger partial charge in [0.05, 0.1) is 36.3 Å². The summed E-state index contributed by atoms with van der Waals surface area (Å²) in [5.74, 6) is -0.303. The molecule has 7 heteroatoms. The minimum absolute atomic E-state index is 0.0299. The monoisotopic (exact) mass is 407 g/mol. The van der Waals surface area contributed by atoms with Crippen molar-refractivity contribution < 1.29 is 19.1 Å². The number of aromatic nitrogens is 2. The molecule has 0 bridgehead atoms. The van der Waals surface area contributed by atoms with Gasteiger partial charge in [-0.15, -0.1) is 0 Å². The van der Waals surface area contributed by atoms with E-state index in [4.69, 9.17) is 9.47 Å². The summed E-state index contributed by atoms with van der Waals surface area (Å²) >= 11 is 0. The Hall–Kier alpha value is -3.61. The van der Waals surface area contributed by atoms with Crippen LogP contribution in [0.5, 0.6) is 5.75 Å². The Labute approximate surface area is 175 Å². The maximum absolute atomic E-state index is 12.3. The van der Waals surface area contributed by atoms with Crippen LogP contribution in [0.15, 0.2) is 48.5 Å². The van der Waals surface area contributed by atoms with Crippen LogP contribution >= 0.6 is 0 Å². The summed E-state index contributed by atoms with van der Waals surface area (Å²) in [5, 5.41) is 7.29. The van der Waals surface area contributed by atoms with E-state index in [1.807, 2.05) is 63.2 Å². The number of aryl methyl sites for hydroxylation is 2. The van der Waals surface area contributed by atoms with Gasteiger partial charge in [0.2, 0.25) is 0 Å². The molecule has 2 aromatic carbocycles. The lowest BCUT2D eigenvalue weighted by molar-refractivity contribution is -0.146. The first-order valence-electron chi connectivity index (χ1n) is 9.59. The highest BCUT2D eigenvalue weighted by molar-refractivity contribution is 5.94. The van der Waals surface area contributed by atoms with E-state index < -0.39 is 11.9 Å². The number of carbonyl (C=O) groups is 2. The summed E-state index contributed by atoms with van der Waals surface area (Å²) in [5.41, 5.74) is 4.72. The average molecular weight is 407 g/mol. The lowest BCUT2D eigenvalue weighted by Gasteiger charge is -2.10. The van der Waals surface area contributed by atoms with Crippen molar-refractivity contribution in [3.8, 4) is 11.4 Å². The highest BCUT2D eigenvalue weighted by Crippen LogP contribution is 2.23. The molecule has 0 aliphatic heterocycles. The van der Waals surface area contributed by atoms with Gasteiger partial charge >= 0.3 is 5.97 Å². The van der Waals surface area contributed by atoms with Gasteiger partial charge in [0.1, 0.15) is 5.75 Å². The highest BCUT2D eigenvalue weighted by Gasteiger charge is 2.17. The molecule has 1 N–H and O–H groups in total. The molecular formula is C23H25N3O4. The standard InChI is InChI=1S/C23H25N3O4/c1-15-10-11-20(29-4)18(12-15)13-22(28)30-14-21(27)24-23-16(2)25-26(17(23)3)19-8-6-5-7-9-19/h5-12H,13-14H2,1-4H3,(H,24,27). The Kier molecular flexibility index (Phi) is 6.51. The van der Waals surface area contributed by atoms with E-state index in [9.17, 15) is 9.59 Å². The summed E-state index contributed by atoms with van der Waals surface area (Å²) < 4.78 is 12.2. The zero-order chi connectivity index (χ0) is 21.7. The minimum atomic E-state index is -0.498. The third kappa shape index (κ3) is 4.86. The number of anilines is 1. The van der Waals surface area contributed by atoms with E-state index in [1.54, 1.807) is 17.9 Å². The molecule has 0 unspecified atom stereocenters. The van der Waals surface area contributed by atoms with Crippen molar-refractivity contribution >= 4 is 17.6 Å². The molecule has 0 radical (unpaired) electrons. The zero-order valence-corrected chi connectivity index (χ0v) is 17.6. The normalized spacial score (nSPS) is 10.5. The van der Waals surface area contributed by atoms with E-state index in [0.717, 1.165) is 22.5 Å². The molecule has 30 heavy (non-hydrogen) atoms. The predicted octanol–water partition coefficient (Wildman–Crippen LogP) is 3.53. The zero-order valence-electron chi connectivity index (χ0n) is 17.6. The maximum Gasteiger partial charge on any atom is 0.310 e. The summed E-state index contributed by atoms with van der Waals surface area (Å²) in [4.78, 5) is 24.5. The van der Waals surface area contributed by atoms with Crippen molar-refractivity contribution in [2.24, 2.45) is 0 Å². The fourth-order valence-corrected chi connectivity index (χ4v) is 3.22. The van der Waals surface area contributed by atoms with Crippen LogP contribution in [-0.2, 0) is 20.7 Å². The molecule has 0 fully saturated rings. The Bertz CT molecular complexity index is 1060. The molecule has 3 aromatic rings. The van der Waals surface area contributed by atoms with Crippen LogP contribution in [0.25, 0.3) is 5.69 Å². The maximum atomic E-state index is 12.3. The van der Waals surface area contributed by atoms with Crippen LogP contribution in [0.2, 0.25) is 0 Å². The Morgan fingerprint density at radius 2 is 1.80 bits per heavy atom. The number of rotatable bonds is 7. The number of hydrogen-bond donors (Lipinski definition) is 1. The molecular weight excluding hydrogens is 382 g/mol. The van der Waals surface area contributed by atoms with Crippen molar-refractivity contribution in [3.05, 3.63) is 71.0 Å². The largest absolute Gasteiger partial charge is 0.496 e. The lowest BCUT2D eigenvalue weighted by Crippen LogP contribution is -2.22. The second-order valence-electron chi connectivity index (χ2n) is 6.99. The first kappa shape index (κ1) is 21.1. The third-order valence-corrected chi connectivity index (χ3v) is 4.69. The van der Waals surface area contributed by atoms with Crippen molar-refractivity contribution in [2.75, 3.05) is 19.0 Å². The van der Waals surface area contributed by atoms with Gasteiger partial charge in [0.25, 0.3) is 5.91 Å².